The number of nitrogens with one attached hydrogen (secondary N) is 2. The van der Waals surface area contributed by atoms with Crippen LogP contribution in [0.5, 0.6) is 0 Å². The van der Waals surface area contributed by atoms with Gasteiger partial charge in [0.15, 0.2) is 53.0 Å². The second kappa shape index (κ2) is 58.7. The van der Waals surface area contributed by atoms with E-state index in [0.717, 1.165) is 108 Å². The smallest absolute Gasteiger partial charge is 0.159 e. The van der Waals surface area contributed by atoms with Gasteiger partial charge in [-0.3, -0.25) is 9.80 Å². The Balaban J connectivity index is 0.000000181. The number of benzene rings is 12. The van der Waals surface area contributed by atoms with E-state index in [9.17, 15) is 22.0 Å². The molecule has 45 heteroatoms. The summed E-state index contributed by atoms with van der Waals surface area (Å²) in [5, 5.41) is 15.8. The molecule has 0 amide bonds. The minimum atomic E-state index is -0.926. The Morgan fingerprint density at radius 2 is 0.574 bits per heavy atom. The number of amidine groups is 8. The quantitative estimate of drug-likeness (QED) is 0.0128. The zero-order valence-electron chi connectivity index (χ0n) is 73.6. The molecular weight excluding hydrogens is 2340 g/mol. The third kappa shape index (κ3) is 39.7. The van der Waals surface area contributed by atoms with Crippen molar-refractivity contribution < 1.29 is 22.0 Å². The maximum atomic E-state index is 14.2. The number of thioether (sulfide) groups is 8. The van der Waals surface area contributed by atoms with E-state index >= 15 is 0 Å². The lowest BCUT2D eigenvalue weighted by atomic mass is 10.1. The fourth-order valence-electron chi connectivity index (χ4n) is 12.3. The van der Waals surface area contributed by atoms with Crippen molar-refractivity contribution in [2.24, 2.45) is 74.3 Å². The molecule has 14 N–H and O–H groups in total. The number of rotatable bonds is 28. The minimum Gasteiger partial charge on any atom is -0.378 e. The molecule has 18 nitrogen and oxygen atoms in total. The molecule has 141 heavy (non-hydrogen) atoms. The summed E-state index contributed by atoms with van der Waals surface area (Å²) in [6, 6.07) is 63.3. The normalized spacial score (nSPS) is 13.4. The Bertz CT molecular complexity index is 6140. The first-order valence-electron chi connectivity index (χ1n) is 41.6. The van der Waals surface area contributed by atoms with E-state index in [1.807, 2.05) is 103 Å². The Morgan fingerprint density at radius 3 is 0.879 bits per heavy atom. The van der Waals surface area contributed by atoms with Crippen molar-refractivity contribution in [2.45, 2.75) is 58.9 Å². The summed E-state index contributed by atoms with van der Waals surface area (Å²) in [7, 11) is 0. The Hall–Kier alpha value is -6.79. The van der Waals surface area contributed by atoms with Crippen molar-refractivity contribution in [3.8, 4) is 0 Å². The first kappa shape index (κ1) is 115. The van der Waals surface area contributed by atoms with E-state index in [0.29, 0.717) is 171 Å². The third-order valence-corrected chi connectivity index (χ3v) is 31.7. The van der Waals surface area contributed by atoms with Crippen molar-refractivity contribution in [3.63, 3.8) is 0 Å². The summed E-state index contributed by atoms with van der Waals surface area (Å²) in [4.78, 5) is 39.8. The van der Waals surface area contributed by atoms with Gasteiger partial charge >= 0.3 is 0 Å². The second-order valence-electron chi connectivity index (χ2n) is 29.8. The molecule has 2 aliphatic rings. The number of aliphatic imine (C=N–C) groups is 8. The van der Waals surface area contributed by atoms with Gasteiger partial charge < -0.3 is 45.0 Å². The molecule has 0 atom stereocenters. The topological polar surface area (TPSA) is 286 Å². The van der Waals surface area contributed by atoms with Crippen LogP contribution >= 0.6 is 265 Å². The van der Waals surface area contributed by atoms with Gasteiger partial charge in [0.1, 0.15) is 17.5 Å². The molecule has 0 saturated carbocycles. The summed E-state index contributed by atoms with van der Waals surface area (Å²) < 4.78 is 70.5. The van der Waals surface area contributed by atoms with E-state index in [1.54, 1.807) is 90.3 Å². The van der Waals surface area contributed by atoms with Crippen molar-refractivity contribution in [1.82, 2.24) is 20.4 Å². The van der Waals surface area contributed by atoms with E-state index in [4.69, 9.17) is 184 Å². The molecule has 0 unspecified atom stereocenters. The molecule has 0 fully saturated rings. The summed E-state index contributed by atoms with van der Waals surface area (Å²) in [5.41, 5.74) is 49.3. The van der Waals surface area contributed by atoms with Crippen molar-refractivity contribution >= 4 is 341 Å². The Kier molecular flexibility index (Phi) is 47.7. The first-order chi connectivity index (χ1) is 67.5. The Labute approximate surface area is 924 Å². The molecule has 0 spiro atoms. The zero-order valence-corrected chi connectivity index (χ0v) is 92.3. The predicted octanol–water partition coefficient (Wildman–Crippen LogP) is 31.4. The molecule has 2 aliphatic heterocycles. The lowest BCUT2D eigenvalue weighted by molar-refractivity contribution is 0.270. The van der Waals surface area contributed by atoms with Crippen LogP contribution in [0, 0.1) is 29.1 Å². The number of halogens is 19. The van der Waals surface area contributed by atoms with Crippen molar-refractivity contribution in [2.75, 3.05) is 39.8 Å². The molecule has 0 saturated heterocycles. The van der Waals surface area contributed by atoms with Gasteiger partial charge in [0.2, 0.25) is 0 Å². The molecule has 2 heterocycles. The summed E-state index contributed by atoms with van der Waals surface area (Å²) in [6.45, 7) is 4.37. The van der Waals surface area contributed by atoms with Crippen LogP contribution < -0.4 is 45.0 Å². The molecule has 12 aromatic carbocycles. The number of hydrogen-bond donors (Lipinski definition) is 8. The lowest BCUT2D eigenvalue weighted by Crippen LogP contribution is -2.42. The maximum absolute atomic E-state index is 14.2. The van der Waals surface area contributed by atoms with Crippen LogP contribution in [0.25, 0.3) is 0 Å². The van der Waals surface area contributed by atoms with E-state index in [-0.39, 0.29) is 26.2 Å². The molecule has 12 aromatic rings. The second-order valence-corrected chi connectivity index (χ2v) is 44.5. The first-order valence-corrected chi connectivity index (χ1v) is 55.6. The highest BCUT2D eigenvalue weighted by Gasteiger charge is 2.21. The van der Waals surface area contributed by atoms with E-state index in [1.165, 1.54) is 125 Å². The van der Waals surface area contributed by atoms with Gasteiger partial charge in [-0.15, -0.1) is 0 Å². The average Bonchev–Trinajstić information content (AvgIpc) is 0.840. The number of nitrogens with zero attached hydrogens (tertiary/aromatic N) is 10. The largest absolute Gasteiger partial charge is 0.378 e. The lowest BCUT2D eigenvalue weighted by Gasteiger charge is -2.27. The highest BCUT2D eigenvalue weighted by atomic mass is 79.9. The van der Waals surface area contributed by atoms with Crippen LogP contribution in [-0.4, -0.2) is 90.9 Å². The molecule has 14 rings (SSSR count). The molecule has 738 valence electrons. The van der Waals surface area contributed by atoms with Crippen molar-refractivity contribution in [3.05, 3.63) is 378 Å². The average molecular weight is 2430 g/mol. The van der Waals surface area contributed by atoms with Gasteiger partial charge in [-0.25, -0.2) is 61.9 Å². The van der Waals surface area contributed by atoms with E-state index in [2.05, 4.69) is 82.2 Å². The molecule has 0 bridgehead atoms. The number of nitrogens with two attached hydrogens (primary N) is 6. The fourth-order valence-corrected chi connectivity index (χ4v) is 21.0. The summed E-state index contributed by atoms with van der Waals surface area (Å²) >= 11 is 90.5. The van der Waals surface area contributed by atoms with Crippen LogP contribution in [-0.2, 0) is 58.9 Å². The molecular formula is C96H83Br2Cl12F5N18S8. The van der Waals surface area contributed by atoms with Gasteiger partial charge in [0.05, 0.1) is 111 Å². The third-order valence-electron chi connectivity index (χ3n) is 19.6. The highest BCUT2D eigenvalue weighted by Crippen LogP contribution is 2.38. The summed E-state index contributed by atoms with van der Waals surface area (Å²) in [6.07, 6.45) is 1.72. The minimum absolute atomic E-state index is 0.0370. The van der Waals surface area contributed by atoms with Crippen LogP contribution in [0.15, 0.2) is 273 Å². The summed E-state index contributed by atoms with van der Waals surface area (Å²) in [5.74, 6) is 0.893. The monoisotopic (exact) mass is 2420 g/mol. The predicted molar refractivity (Wildman–Crippen MR) is 612 cm³/mol. The van der Waals surface area contributed by atoms with Crippen LogP contribution in [0.3, 0.4) is 0 Å². The van der Waals surface area contributed by atoms with Crippen LogP contribution in [0.2, 0.25) is 60.3 Å². The van der Waals surface area contributed by atoms with Gasteiger partial charge in [-0.05, 0) is 275 Å². The van der Waals surface area contributed by atoms with Gasteiger partial charge in [-0.1, -0.05) is 283 Å². The van der Waals surface area contributed by atoms with Gasteiger partial charge in [-0.2, -0.15) is 0 Å². The maximum Gasteiger partial charge on any atom is 0.159 e. The Morgan fingerprint density at radius 1 is 0.291 bits per heavy atom. The molecule has 0 aliphatic carbocycles. The van der Waals surface area contributed by atoms with Crippen LogP contribution in [0.4, 0.5) is 56.1 Å². The van der Waals surface area contributed by atoms with Gasteiger partial charge in [0, 0.05) is 78.1 Å². The molecule has 0 aromatic heterocycles. The highest BCUT2D eigenvalue weighted by molar-refractivity contribution is 9.10. The number of hydrogen-bond acceptors (Lipinski definition) is 20. The standard InChI is InChI=1S/C30H31Cl4FN6S2.C22H18Br2Cl2N4S2.C22H16Cl4F2N4S2.C22H18Cl2F2N4S2/c31-25-5-1-20(11-27(25)33)7-9-40-16-36-29(37-17-40)42-14-22-3-4-24(35)13-23(22)15-43-30-38-18-41(19-39-30)10-8-21-2-6-26(32)28(34)12-21;23-15-1-5-17(6-2-15)29-21(27)31-11-13-9-19(25)20(26)10-14(13)12-32-22(28)30-18-7-3-16(24)4-8-18;23-15-5-11(9-33-21(29)31-13-1-3-19(27)17(25)7-13)12(6-16(15)24)10-34-22(30)32-14-2-4-20(28)18(26)8-14;23-15-1-5-17(6-2-15)29-21(27)31-11-13-9-19(25)20(26)10-14(13)12-32-22(28)30-18-7-3-16(24)4-8-18/h1-6,11-13H,7-10,14-19H2,(H,36,37)(H,38,39);1-10H,11-12H2,(H2,27,29)(H2,28,30);1-8H,9-10H2,(H2,29,31)(H2,30,32);1-10H,11-12H2,(H2,27,29)(H2,28,30). The van der Waals surface area contributed by atoms with E-state index < -0.39 is 23.3 Å². The molecule has 0 radical (unpaired) electrons. The zero-order chi connectivity index (χ0) is 101. The SMILES string of the molecule is Fc1ccc(CSC2=NCN(CCc3ccc(Cl)c(Cl)c3)CN2)c(CSC2=NCN(CCc3ccc(Cl)c(Cl)c3)CN2)c1.NC(=Nc1ccc(Br)cc1)SCc1cc(Cl)c(Cl)cc1CSC(N)=Nc1ccc(Br)cc1.NC(=Nc1ccc(Cl)cc1)SCc1cc(F)c(F)cc1CSC(N)=Nc1ccc(Cl)cc1.NC(=Nc1ccc(F)c(Cl)c1)SCc1cc(Cl)c(Cl)cc1CSC(N)=Nc1ccc(F)c(Cl)c1. The van der Waals surface area contributed by atoms with Crippen molar-refractivity contribution in [1.29, 1.82) is 0 Å². The van der Waals surface area contributed by atoms with Crippen LogP contribution in [0.1, 0.15) is 55.6 Å². The van der Waals surface area contributed by atoms with Gasteiger partial charge in [0.25, 0.3) is 0 Å². The fraction of sp³-hybridized carbons (Fsp3) is 0.167.